The summed E-state index contributed by atoms with van der Waals surface area (Å²) in [5.41, 5.74) is 1.98. The van der Waals surface area contributed by atoms with Crippen LogP contribution in [0.25, 0.3) is 0 Å². The number of amides is 2. The molecule has 4 rings (SSSR count). The molecule has 0 spiro atoms. The van der Waals surface area contributed by atoms with E-state index >= 15 is 0 Å². The van der Waals surface area contributed by atoms with Crippen LogP contribution in [0.2, 0.25) is 0 Å². The lowest BCUT2D eigenvalue weighted by Gasteiger charge is -2.37. The second-order valence-electron chi connectivity index (χ2n) is 7.29. The molecular weight excluding hydrogens is 419 g/mol. The number of benzene rings is 1. The van der Waals surface area contributed by atoms with Gasteiger partial charge in [0.25, 0.3) is 5.91 Å². The molecule has 0 saturated heterocycles. The lowest BCUT2D eigenvalue weighted by Crippen LogP contribution is -2.46. The first-order chi connectivity index (χ1) is 14.6. The average molecular weight is 443 g/mol. The molecule has 0 N–H and O–H groups in total. The van der Waals surface area contributed by atoms with E-state index in [9.17, 15) is 14.0 Å². The molecule has 1 aromatic carbocycles. The van der Waals surface area contributed by atoms with Gasteiger partial charge in [-0.1, -0.05) is 25.1 Å². The van der Waals surface area contributed by atoms with Crippen molar-refractivity contribution in [3.63, 3.8) is 0 Å². The average Bonchev–Trinajstić information content (AvgIpc) is 3.44. The van der Waals surface area contributed by atoms with E-state index in [4.69, 9.17) is 0 Å². The highest BCUT2D eigenvalue weighted by atomic mass is 32.1. The number of hydrogen-bond acceptors (Lipinski definition) is 4. The first kappa shape index (κ1) is 20.8. The first-order valence-electron chi connectivity index (χ1n) is 10.0. The molecule has 156 valence electrons. The molecule has 0 saturated carbocycles. The smallest absolute Gasteiger partial charge is 0.264 e. The number of nitrogens with zero attached hydrogens (tertiary/aromatic N) is 2. The zero-order valence-corrected chi connectivity index (χ0v) is 18.3. The molecule has 0 aliphatic carbocycles. The van der Waals surface area contributed by atoms with Crippen molar-refractivity contribution in [3.05, 3.63) is 79.9 Å². The van der Waals surface area contributed by atoms with Crippen LogP contribution in [0.4, 0.5) is 4.39 Å². The highest BCUT2D eigenvalue weighted by Crippen LogP contribution is 2.38. The third-order valence-corrected chi connectivity index (χ3v) is 7.17. The quantitative estimate of drug-likeness (QED) is 0.541. The van der Waals surface area contributed by atoms with Crippen molar-refractivity contribution in [1.29, 1.82) is 0 Å². The van der Waals surface area contributed by atoms with Crippen LogP contribution < -0.4 is 0 Å². The highest BCUT2D eigenvalue weighted by molar-refractivity contribution is 7.12. The molecule has 1 unspecified atom stereocenters. The van der Waals surface area contributed by atoms with Gasteiger partial charge in [0, 0.05) is 18.0 Å². The minimum Gasteiger partial charge on any atom is -0.330 e. The fraction of sp³-hybridized carbons (Fsp3) is 0.304. The lowest BCUT2D eigenvalue weighted by atomic mass is 9.93. The van der Waals surface area contributed by atoms with E-state index in [-0.39, 0.29) is 30.2 Å². The van der Waals surface area contributed by atoms with Gasteiger partial charge in [0.1, 0.15) is 12.4 Å². The first-order valence-corrected chi connectivity index (χ1v) is 11.8. The summed E-state index contributed by atoms with van der Waals surface area (Å²) in [6, 6.07) is 11.8. The SMILES string of the molecule is CCCN(CC(=O)N1CCc2sccc2C1c1ccc(F)cc1)C(=O)c1cccs1. The monoisotopic (exact) mass is 442 g/mol. The van der Waals surface area contributed by atoms with Gasteiger partial charge in [0.05, 0.1) is 10.9 Å². The third-order valence-electron chi connectivity index (χ3n) is 5.31. The van der Waals surface area contributed by atoms with Crippen LogP contribution in [0.5, 0.6) is 0 Å². The molecule has 0 fully saturated rings. The molecule has 4 nitrogen and oxygen atoms in total. The Morgan fingerprint density at radius 2 is 1.93 bits per heavy atom. The minimum atomic E-state index is -0.298. The maximum atomic E-state index is 13.5. The Hall–Kier alpha value is -2.51. The van der Waals surface area contributed by atoms with E-state index in [2.05, 4.69) is 0 Å². The van der Waals surface area contributed by atoms with E-state index in [0.29, 0.717) is 18.0 Å². The Bertz CT molecular complexity index is 1010. The zero-order chi connectivity index (χ0) is 21.1. The zero-order valence-electron chi connectivity index (χ0n) is 16.7. The van der Waals surface area contributed by atoms with Crippen molar-refractivity contribution in [2.24, 2.45) is 0 Å². The van der Waals surface area contributed by atoms with Crippen molar-refractivity contribution in [3.8, 4) is 0 Å². The van der Waals surface area contributed by atoms with Gasteiger partial charge in [-0.3, -0.25) is 9.59 Å². The van der Waals surface area contributed by atoms with Crippen molar-refractivity contribution < 1.29 is 14.0 Å². The summed E-state index contributed by atoms with van der Waals surface area (Å²) in [5, 5.41) is 3.91. The number of hydrogen-bond donors (Lipinski definition) is 0. The second kappa shape index (κ2) is 9.10. The number of carbonyl (C=O) groups is 2. The molecular formula is C23H23FN2O2S2. The predicted molar refractivity (Wildman–Crippen MR) is 118 cm³/mol. The Morgan fingerprint density at radius 1 is 1.13 bits per heavy atom. The van der Waals surface area contributed by atoms with E-state index < -0.39 is 0 Å². The number of fused-ring (bicyclic) bond motifs is 1. The van der Waals surface area contributed by atoms with Crippen LogP contribution in [0, 0.1) is 5.82 Å². The van der Waals surface area contributed by atoms with E-state index in [1.165, 1.54) is 28.3 Å². The molecule has 3 heterocycles. The van der Waals surface area contributed by atoms with Gasteiger partial charge in [-0.25, -0.2) is 4.39 Å². The molecule has 2 aromatic heterocycles. The largest absolute Gasteiger partial charge is 0.330 e. The highest BCUT2D eigenvalue weighted by Gasteiger charge is 2.34. The van der Waals surface area contributed by atoms with E-state index in [1.54, 1.807) is 34.4 Å². The molecule has 1 aliphatic heterocycles. The fourth-order valence-corrected chi connectivity index (χ4v) is 5.52. The number of carbonyl (C=O) groups excluding carboxylic acids is 2. The van der Waals surface area contributed by atoms with Crippen LogP contribution in [0.3, 0.4) is 0 Å². The van der Waals surface area contributed by atoms with Crippen molar-refractivity contribution in [2.45, 2.75) is 25.8 Å². The second-order valence-corrected chi connectivity index (χ2v) is 9.24. The van der Waals surface area contributed by atoms with Gasteiger partial charge in [-0.15, -0.1) is 22.7 Å². The van der Waals surface area contributed by atoms with Crippen LogP contribution in [0.15, 0.2) is 53.2 Å². The summed E-state index contributed by atoms with van der Waals surface area (Å²) in [7, 11) is 0. The van der Waals surface area contributed by atoms with E-state index in [0.717, 1.165) is 24.0 Å². The van der Waals surface area contributed by atoms with E-state index in [1.807, 2.05) is 34.7 Å². The van der Waals surface area contributed by atoms with Crippen LogP contribution in [-0.4, -0.2) is 41.2 Å². The summed E-state index contributed by atoms with van der Waals surface area (Å²) >= 11 is 3.08. The lowest BCUT2D eigenvalue weighted by molar-refractivity contribution is -0.134. The summed E-state index contributed by atoms with van der Waals surface area (Å²) in [6.45, 7) is 3.16. The molecule has 0 radical (unpaired) electrons. The van der Waals surface area contributed by atoms with Gasteiger partial charge < -0.3 is 9.80 Å². The summed E-state index contributed by atoms with van der Waals surface area (Å²) < 4.78 is 13.5. The molecule has 30 heavy (non-hydrogen) atoms. The summed E-state index contributed by atoms with van der Waals surface area (Å²) in [4.78, 5) is 31.7. The number of rotatable bonds is 6. The molecule has 1 aliphatic rings. The number of halogens is 1. The van der Waals surface area contributed by atoms with Gasteiger partial charge >= 0.3 is 0 Å². The van der Waals surface area contributed by atoms with Crippen LogP contribution >= 0.6 is 22.7 Å². The normalized spacial score (nSPS) is 15.7. The maximum absolute atomic E-state index is 13.5. The Kier molecular flexibility index (Phi) is 6.29. The summed E-state index contributed by atoms with van der Waals surface area (Å²) in [6.07, 6.45) is 1.57. The number of thiophene rings is 2. The standard InChI is InChI=1S/C23H23FN2O2S2/c1-2-11-25(23(28)20-4-3-13-29-20)15-21(27)26-12-9-19-18(10-14-30-19)22(26)16-5-7-17(24)8-6-16/h3-8,10,13-14,22H,2,9,11-12,15H2,1H3. The predicted octanol–water partition coefficient (Wildman–Crippen LogP) is 4.98. The molecule has 7 heteroatoms. The van der Waals surface area contributed by atoms with Gasteiger partial charge in [0.2, 0.25) is 5.91 Å². The Morgan fingerprint density at radius 3 is 2.63 bits per heavy atom. The van der Waals surface area contributed by atoms with Gasteiger partial charge in [0.15, 0.2) is 0 Å². The van der Waals surface area contributed by atoms with Gasteiger partial charge in [-0.2, -0.15) is 0 Å². The molecule has 3 aromatic rings. The topological polar surface area (TPSA) is 40.6 Å². The molecule has 0 bridgehead atoms. The Labute approximate surface area is 183 Å². The third kappa shape index (κ3) is 4.18. The van der Waals surface area contributed by atoms with Crippen molar-refractivity contribution in [1.82, 2.24) is 9.80 Å². The van der Waals surface area contributed by atoms with Gasteiger partial charge in [-0.05, 0) is 59.0 Å². The molecule has 2 amide bonds. The van der Waals surface area contributed by atoms with Crippen molar-refractivity contribution in [2.75, 3.05) is 19.6 Å². The van der Waals surface area contributed by atoms with Crippen LogP contribution in [0.1, 0.15) is 45.1 Å². The minimum absolute atomic E-state index is 0.0434. The van der Waals surface area contributed by atoms with Crippen molar-refractivity contribution >= 4 is 34.5 Å². The van der Waals surface area contributed by atoms with Crippen LogP contribution in [-0.2, 0) is 11.2 Å². The maximum Gasteiger partial charge on any atom is 0.264 e. The summed E-state index contributed by atoms with van der Waals surface area (Å²) in [5.74, 6) is -0.486. The fourth-order valence-electron chi connectivity index (χ4n) is 3.92. The molecule has 1 atom stereocenters. The Balaban J connectivity index is 1.61.